The van der Waals surface area contributed by atoms with Crippen LogP contribution in [0.3, 0.4) is 0 Å². The third-order valence-electron chi connectivity index (χ3n) is 3.31. The predicted molar refractivity (Wildman–Crippen MR) is 59.3 cm³/mol. The molecule has 15 heavy (non-hydrogen) atoms. The lowest BCUT2D eigenvalue weighted by atomic mass is 10.1. The molecule has 1 aromatic heterocycles. The van der Waals surface area contributed by atoms with E-state index < -0.39 is 0 Å². The van der Waals surface area contributed by atoms with Crippen LogP contribution in [0.1, 0.15) is 38.4 Å². The van der Waals surface area contributed by atoms with E-state index in [1.807, 2.05) is 7.05 Å². The molecule has 1 N–H and O–H groups in total. The first-order valence-corrected chi connectivity index (χ1v) is 5.85. The van der Waals surface area contributed by atoms with E-state index >= 15 is 0 Å². The minimum Gasteiger partial charge on any atom is -0.307 e. The molecule has 4 heteroatoms. The third kappa shape index (κ3) is 2.78. The summed E-state index contributed by atoms with van der Waals surface area (Å²) in [5.74, 6) is 1.83. The van der Waals surface area contributed by atoms with Crippen LogP contribution in [0.15, 0.2) is 6.33 Å². The molecule has 1 aromatic rings. The second kappa shape index (κ2) is 4.75. The SMILES string of the molecule is CCC1CCC(NCc2ncn(C)n2)C1. The molecule has 0 aromatic carbocycles. The first-order chi connectivity index (χ1) is 7.28. The molecular weight excluding hydrogens is 188 g/mol. The Bertz CT molecular complexity index is 307. The van der Waals surface area contributed by atoms with Gasteiger partial charge in [-0.2, -0.15) is 5.10 Å². The Morgan fingerprint density at radius 1 is 1.53 bits per heavy atom. The van der Waals surface area contributed by atoms with Gasteiger partial charge in [-0.15, -0.1) is 0 Å². The number of aryl methyl sites for hydroxylation is 1. The maximum Gasteiger partial charge on any atom is 0.164 e. The van der Waals surface area contributed by atoms with E-state index in [9.17, 15) is 0 Å². The van der Waals surface area contributed by atoms with Crippen LogP contribution < -0.4 is 5.32 Å². The predicted octanol–water partition coefficient (Wildman–Crippen LogP) is 1.48. The average molecular weight is 208 g/mol. The largest absolute Gasteiger partial charge is 0.307 e. The summed E-state index contributed by atoms with van der Waals surface area (Å²) in [6, 6.07) is 0.679. The lowest BCUT2D eigenvalue weighted by Gasteiger charge is -2.10. The van der Waals surface area contributed by atoms with Gasteiger partial charge in [0.1, 0.15) is 6.33 Å². The Balaban J connectivity index is 1.75. The number of hydrogen-bond donors (Lipinski definition) is 1. The third-order valence-corrected chi connectivity index (χ3v) is 3.31. The van der Waals surface area contributed by atoms with E-state index in [4.69, 9.17) is 0 Å². The van der Waals surface area contributed by atoms with Crippen LogP contribution in [-0.2, 0) is 13.6 Å². The first kappa shape index (κ1) is 10.6. The molecule has 2 rings (SSSR count). The molecule has 4 nitrogen and oxygen atoms in total. The van der Waals surface area contributed by atoms with Crippen molar-refractivity contribution in [1.82, 2.24) is 20.1 Å². The molecule has 0 saturated heterocycles. The van der Waals surface area contributed by atoms with Crippen LogP contribution in [0.25, 0.3) is 0 Å². The fourth-order valence-electron chi connectivity index (χ4n) is 2.33. The van der Waals surface area contributed by atoms with Crippen molar-refractivity contribution >= 4 is 0 Å². The molecule has 1 fully saturated rings. The van der Waals surface area contributed by atoms with E-state index in [2.05, 4.69) is 22.3 Å². The Hall–Kier alpha value is -0.900. The maximum atomic E-state index is 4.25. The van der Waals surface area contributed by atoms with Crippen LogP contribution in [0, 0.1) is 5.92 Å². The second-order valence-corrected chi connectivity index (χ2v) is 4.50. The molecule has 0 radical (unpaired) electrons. The quantitative estimate of drug-likeness (QED) is 0.815. The summed E-state index contributed by atoms with van der Waals surface area (Å²) in [5, 5.41) is 7.79. The summed E-state index contributed by atoms with van der Waals surface area (Å²) in [5.41, 5.74) is 0. The summed E-state index contributed by atoms with van der Waals surface area (Å²) in [4.78, 5) is 4.21. The van der Waals surface area contributed by atoms with Gasteiger partial charge in [0, 0.05) is 13.1 Å². The van der Waals surface area contributed by atoms with Crippen molar-refractivity contribution in [3.63, 3.8) is 0 Å². The molecule has 1 aliphatic rings. The van der Waals surface area contributed by atoms with Gasteiger partial charge in [0.2, 0.25) is 0 Å². The number of nitrogens with one attached hydrogen (secondary N) is 1. The Labute approximate surface area is 91.1 Å². The van der Waals surface area contributed by atoms with Crippen LogP contribution in [0.4, 0.5) is 0 Å². The van der Waals surface area contributed by atoms with Gasteiger partial charge in [-0.05, 0) is 25.2 Å². The zero-order chi connectivity index (χ0) is 10.7. The van der Waals surface area contributed by atoms with E-state index in [0.29, 0.717) is 6.04 Å². The summed E-state index contributed by atoms with van der Waals surface area (Å²) >= 11 is 0. The minimum absolute atomic E-state index is 0.679. The topological polar surface area (TPSA) is 42.7 Å². The fourth-order valence-corrected chi connectivity index (χ4v) is 2.33. The van der Waals surface area contributed by atoms with Crippen molar-refractivity contribution in [2.75, 3.05) is 0 Å². The van der Waals surface area contributed by atoms with E-state index in [0.717, 1.165) is 18.3 Å². The molecule has 1 heterocycles. The number of aromatic nitrogens is 3. The van der Waals surface area contributed by atoms with Crippen LogP contribution >= 0.6 is 0 Å². The van der Waals surface area contributed by atoms with Crippen molar-refractivity contribution in [2.45, 2.75) is 45.2 Å². The minimum atomic E-state index is 0.679. The highest BCUT2D eigenvalue weighted by molar-refractivity contribution is 4.85. The summed E-state index contributed by atoms with van der Waals surface area (Å²) < 4.78 is 1.75. The zero-order valence-electron chi connectivity index (χ0n) is 9.61. The molecular formula is C11H20N4. The van der Waals surface area contributed by atoms with E-state index in [1.54, 1.807) is 11.0 Å². The standard InChI is InChI=1S/C11H20N4/c1-3-9-4-5-10(6-9)12-7-11-13-8-15(2)14-11/h8-10,12H,3-7H2,1-2H3. The Morgan fingerprint density at radius 2 is 2.40 bits per heavy atom. The highest BCUT2D eigenvalue weighted by atomic mass is 15.3. The normalized spacial score (nSPS) is 26.0. The lowest BCUT2D eigenvalue weighted by Crippen LogP contribution is -2.26. The maximum absolute atomic E-state index is 4.25. The molecule has 0 amide bonds. The average Bonchev–Trinajstić information content (AvgIpc) is 2.83. The van der Waals surface area contributed by atoms with E-state index in [-0.39, 0.29) is 0 Å². The molecule has 1 saturated carbocycles. The highest BCUT2D eigenvalue weighted by Crippen LogP contribution is 2.27. The second-order valence-electron chi connectivity index (χ2n) is 4.50. The van der Waals surface area contributed by atoms with Crippen molar-refractivity contribution in [2.24, 2.45) is 13.0 Å². The molecule has 84 valence electrons. The number of rotatable bonds is 4. The molecule has 2 atom stereocenters. The van der Waals surface area contributed by atoms with Gasteiger partial charge in [0.25, 0.3) is 0 Å². The Kier molecular flexibility index (Phi) is 3.36. The lowest BCUT2D eigenvalue weighted by molar-refractivity contribution is 0.471. The zero-order valence-corrected chi connectivity index (χ0v) is 9.61. The van der Waals surface area contributed by atoms with Crippen molar-refractivity contribution in [1.29, 1.82) is 0 Å². The van der Waals surface area contributed by atoms with Gasteiger partial charge in [-0.3, -0.25) is 4.68 Å². The molecule has 2 unspecified atom stereocenters. The van der Waals surface area contributed by atoms with Crippen LogP contribution in [-0.4, -0.2) is 20.8 Å². The summed E-state index contributed by atoms with van der Waals surface area (Å²) in [6.07, 6.45) is 7.08. The molecule has 0 aliphatic heterocycles. The highest BCUT2D eigenvalue weighted by Gasteiger charge is 2.22. The van der Waals surface area contributed by atoms with Crippen molar-refractivity contribution in [3.05, 3.63) is 12.2 Å². The fraction of sp³-hybridized carbons (Fsp3) is 0.818. The summed E-state index contributed by atoms with van der Waals surface area (Å²) in [6.45, 7) is 3.09. The first-order valence-electron chi connectivity index (χ1n) is 5.85. The number of hydrogen-bond acceptors (Lipinski definition) is 3. The smallest absolute Gasteiger partial charge is 0.164 e. The van der Waals surface area contributed by atoms with Crippen molar-refractivity contribution < 1.29 is 0 Å². The molecule has 0 bridgehead atoms. The van der Waals surface area contributed by atoms with Gasteiger partial charge in [0.15, 0.2) is 5.82 Å². The van der Waals surface area contributed by atoms with Crippen LogP contribution in [0.5, 0.6) is 0 Å². The van der Waals surface area contributed by atoms with Gasteiger partial charge in [0.05, 0.1) is 6.54 Å². The number of nitrogens with zero attached hydrogens (tertiary/aromatic N) is 3. The van der Waals surface area contributed by atoms with Crippen LogP contribution in [0.2, 0.25) is 0 Å². The molecule has 1 aliphatic carbocycles. The van der Waals surface area contributed by atoms with E-state index in [1.165, 1.54) is 25.7 Å². The van der Waals surface area contributed by atoms with Gasteiger partial charge in [-0.25, -0.2) is 4.98 Å². The summed E-state index contributed by atoms with van der Waals surface area (Å²) in [7, 11) is 1.90. The van der Waals surface area contributed by atoms with Gasteiger partial charge < -0.3 is 5.32 Å². The van der Waals surface area contributed by atoms with Gasteiger partial charge in [-0.1, -0.05) is 13.3 Å². The monoisotopic (exact) mass is 208 g/mol. The Morgan fingerprint density at radius 3 is 3.00 bits per heavy atom. The van der Waals surface area contributed by atoms with Gasteiger partial charge >= 0.3 is 0 Å². The molecule has 0 spiro atoms. The van der Waals surface area contributed by atoms with Crippen molar-refractivity contribution in [3.8, 4) is 0 Å².